The minimum atomic E-state index is -0.366. The maximum Gasteiger partial charge on any atom is 0.219 e. The van der Waals surface area contributed by atoms with E-state index in [9.17, 15) is 9.59 Å². The molecule has 86 valence electrons. The smallest absolute Gasteiger partial charge is 0.219 e. The zero-order chi connectivity index (χ0) is 12.1. The fourth-order valence-corrected chi connectivity index (χ4v) is 1.30. The largest absolute Gasteiger partial charge is 0.398 e. The molecule has 0 aliphatic rings. The van der Waals surface area contributed by atoms with Gasteiger partial charge in [-0.25, -0.2) is 0 Å². The van der Waals surface area contributed by atoms with Crippen molar-refractivity contribution in [3.05, 3.63) is 23.8 Å². The third-order valence-electron chi connectivity index (χ3n) is 2.13. The lowest BCUT2D eigenvalue weighted by molar-refractivity contribution is -0.117. The summed E-state index contributed by atoms with van der Waals surface area (Å²) in [6, 6.07) is 5.07. The monoisotopic (exact) mass is 221 g/mol. The van der Waals surface area contributed by atoms with E-state index in [1.54, 1.807) is 18.2 Å². The number of amides is 1. The average molecular weight is 221 g/mol. The SMILES string of the molecule is CC(=O)c1cc(NCCC(N)=O)ccc1N. The van der Waals surface area contributed by atoms with Crippen LogP contribution in [0.4, 0.5) is 11.4 Å². The van der Waals surface area contributed by atoms with Gasteiger partial charge in [0.25, 0.3) is 0 Å². The minimum absolute atomic E-state index is 0.0870. The van der Waals surface area contributed by atoms with Crippen molar-refractivity contribution in [2.75, 3.05) is 17.6 Å². The molecule has 1 aromatic rings. The van der Waals surface area contributed by atoms with Gasteiger partial charge in [0.15, 0.2) is 5.78 Å². The maximum atomic E-state index is 11.2. The Morgan fingerprint density at radius 2 is 2.06 bits per heavy atom. The summed E-state index contributed by atoms with van der Waals surface area (Å²) >= 11 is 0. The number of hydrogen-bond donors (Lipinski definition) is 3. The summed E-state index contributed by atoms with van der Waals surface area (Å²) in [5.41, 5.74) is 12.3. The second-order valence-electron chi connectivity index (χ2n) is 3.50. The van der Waals surface area contributed by atoms with Crippen molar-refractivity contribution in [3.8, 4) is 0 Å². The van der Waals surface area contributed by atoms with Crippen molar-refractivity contribution in [2.45, 2.75) is 13.3 Å². The summed E-state index contributed by atoms with van der Waals surface area (Å²) in [5, 5.41) is 2.99. The van der Waals surface area contributed by atoms with Gasteiger partial charge in [-0.3, -0.25) is 9.59 Å². The van der Waals surface area contributed by atoms with E-state index in [4.69, 9.17) is 11.5 Å². The van der Waals surface area contributed by atoms with Gasteiger partial charge in [0.2, 0.25) is 5.91 Å². The Balaban J connectivity index is 2.71. The molecule has 1 amide bonds. The highest BCUT2D eigenvalue weighted by Crippen LogP contribution is 2.18. The van der Waals surface area contributed by atoms with Gasteiger partial charge in [-0.1, -0.05) is 0 Å². The molecule has 5 nitrogen and oxygen atoms in total. The highest BCUT2D eigenvalue weighted by atomic mass is 16.1. The quantitative estimate of drug-likeness (QED) is 0.505. The van der Waals surface area contributed by atoms with Crippen molar-refractivity contribution in [2.24, 2.45) is 5.73 Å². The summed E-state index contributed by atoms with van der Waals surface area (Å²) in [4.78, 5) is 21.7. The minimum Gasteiger partial charge on any atom is -0.398 e. The van der Waals surface area contributed by atoms with Gasteiger partial charge in [0, 0.05) is 29.9 Å². The first kappa shape index (κ1) is 12.0. The van der Waals surface area contributed by atoms with Crippen molar-refractivity contribution in [3.63, 3.8) is 0 Å². The van der Waals surface area contributed by atoms with Gasteiger partial charge in [-0.05, 0) is 25.1 Å². The Hall–Kier alpha value is -2.04. The first-order valence-corrected chi connectivity index (χ1v) is 4.93. The molecular formula is C11H15N3O2. The number of ketones is 1. The molecule has 0 aliphatic carbocycles. The van der Waals surface area contributed by atoms with Crippen molar-refractivity contribution in [1.29, 1.82) is 0 Å². The van der Waals surface area contributed by atoms with Crippen LogP contribution in [0.3, 0.4) is 0 Å². The number of rotatable bonds is 5. The zero-order valence-corrected chi connectivity index (χ0v) is 9.12. The average Bonchev–Trinajstić information content (AvgIpc) is 2.19. The molecule has 0 atom stereocenters. The fraction of sp³-hybridized carbons (Fsp3) is 0.273. The van der Waals surface area contributed by atoms with Gasteiger partial charge in [0.05, 0.1) is 0 Å². The molecule has 1 rings (SSSR count). The van der Waals surface area contributed by atoms with Crippen LogP contribution in [0.1, 0.15) is 23.7 Å². The number of benzene rings is 1. The number of primary amides is 1. The van der Waals surface area contributed by atoms with E-state index in [2.05, 4.69) is 5.32 Å². The van der Waals surface area contributed by atoms with Gasteiger partial charge in [0.1, 0.15) is 0 Å². The molecular weight excluding hydrogens is 206 g/mol. The normalized spacial score (nSPS) is 9.81. The van der Waals surface area contributed by atoms with Gasteiger partial charge >= 0.3 is 0 Å². The number of nitrogens with two attached hydrogens (primary N) is 2. The summed E-state index contributed by atoms with van der Waals surface area (Å²) in [5.74, 6) is -0.453. The van der Waals surface area contributed by atoms with Crippen LogP contribution in [0.5, 0.6) is 0 Å². The van der Waals surface area contributed by atoms with Crippen molar-refractivity contribution >= 4 is 23.1 Å². The number of carbonyl (C=O) groups excluding carboxylic acids is 2. The van der Waals surface area contributed by atoms with Crippen molar-refractivity contribution in [1.82, 2.24) is 0 Å². The topological polar surface area (TPSA) is 98.2 Å². The Kier molecular flexibility index (Phi) is 3.88. The molecule has 0 spiro atoms. The molecule has 0 heterocycles. The third-order valence-corrected chi connectivity index (χ3v) is 2.13. The summed E-state index contributed by atoms with van der Waals surface area (Å²) in [7, 11) is 0. The van der Waals surface area contributed by atoms with E-state index < -0.39 is 0 Å². The van der Waals surface area contributed by atoms with E-state index in [-0.39, 0.29) is 18.1 Å². The molecule has 5 N–H and O–H groups in total. The van der Waals surface area contributed by atoms with Crippen LogP contribution in [0.15, 0.2) is 18.2 Å². The van der Waals surface area contributed by atoms with E-state index in [0.717, 1.165) is 5.69 Å². The van der Waals surface area contributed by atoms with E-state index in [1.807, 2.05) is 0 Å². The van der Waals surface area contributed by atoms with Crippen LogP contribution in [0.25, 0.3) is 0 Å². The number of nitrogen functional groups attached to an aromatic ring is 1. The van der Waals surface area contributed by atoms with Crippen LogP contribution < -0.4 is 16.8 Å². The van der Waals surface area contributed by atoms with Crippen LogP contribution in [-0.4, -0.2) is 18.2 Å². The lowest BCUT2D eigenvalue weighted by Gasteiger charge is -2.08. The molecule has 5 heteroatoms. The molecule has 0 fully saturated rings. The number of hydrogen-bond acceptors (Lipinski definition) is 4. The second-order valence-corrected chi connectivity index (χ2v) is 3.50. The first-order chi connectivity index (χ1) is 7.50. The molecule has 1 aromatic carbocycles. The van der Waals surface area contributed by atoms with Gasteiger partial charge in [-0.2, -0.15) is 0 Å². The number of carbonyl (C=O) groups is 2. The zero-order valence-electron chi connectivity index (χ0n) is 9.12. The van der Waals surface area contributed by atoms with Gasteiger partial charge in [-0.15, -0.1) is 0 Å². The maximum absolute atomic E-state index is 11.2. The standard InChI is InChI=1S/C11H15N3O2/c1-7(15)9-6-8(2-3-10(9)12)14-5-4-11(13)16/h2-3,6,14H,4-5,12H2,1H3,(H2,13,16). The summed E-state index contributed by atoms with van der Waals surface area (Å²) in [6.45, 7) is 1.90. The number of Topliss-reactive ketones (excluding diaryl/α,β-unsaturated/α-hetero) is 1. The number of nitrogens with one attached hydrogen (secondary N) is 1. The molecule has 0 unspecified atom stereocenters. The Morgan fingerprint density at radius 3 is 2.62 bits per heavy atom. The molecule has 16 heavy (non-hydrogen) atoms. The third kappa shape index (κ3) is 3.27. The second kappa shape index (κ2) is 5.16. The Labute approximate surface area is 93.8 Å². The lowest BCUT2D eigenvalue weighted by atomic mass is 10.1. The molecule has 0 radical (unpaired) electrons. The predicted octanol–water partition coefficient (Wildman–Crippen LogP) is 0.759. The van der Waals surface area contributed by atoms with Gasteiger partial charge < -0.3 is 16.8 Å². The molecule has 0 saturated heterocycles. The van der Waals surface area contributed by atoms with E-state index in [1.165, 1.54) is 6.92 Å². The first-order valence-electron chi connectivity index (χ1n) is 4.93. The van der Waals surface area contributed by atoms with Crippen LogP contribution in [-0.2, 0) is 4.79 Å². The van der Waals surface area contributed by atoms with Crippen LogP contribution in [0, 0.1) is 0 Å². The highest BCUT2D eigenvalue weighted by molar-refractivity contribution is 6.00. The number of anilines is 2. The fourth-order valence-electron chi connectivity index (χ4n) is 1.30. The summed E-state index contributed by atoms with van der Waals surface area (Å²) in [6.07, 6.45) is 0.250. The predicted molar refractivity (Wildman–Crippen MR) is 63.2 cm³/mol. The molecule has 0 aromatic heterocycles. The summed E-state index contributed by atoms with van der Waals surface area (Å²) < 4.78 is 0. The van der Waals surface area contributed by atoms with Crippen LogP contribution >= 0.6 is 0 Å². The molecule has 0 saturated carbocycles. The van der Waals surface area contributed by atoms with Crippen LogP contribution in [0.2, 0.25) is 0 Å². The molecule has 0 aliphatic heterocycles. The highest BCUT2D eigenvalue weighted by Gasteiger charge is 2.05. The lowest BCUT2D eigenvalue weighted by Crippen LogP contribution is -2.16. The van der Waals surface area contributed by atoms with Crippen molar-refractivity contribution < 1.29 is 9.59 Å². The Bertz CT molecular complexity index is 416. The van der Waals surface area contributed by atoms with E-state index >= 15 is 0 Å². The van der Waals surface area contributed by atoms with E-state index in [0.29, 0.717) is 17.8 Å². The molecule has 0 bridgehead atoms. The Morgan fingerprint density at radius 1 is 1.38 bits per heavy atom.